The summed E-state index contributed by atoms with van der Waals surface area (Å²) in [5, 5.41) is 3.85. The van der Waals surface area contributed by atoms with Gasteiger partial charge >= 0.3 is 0 Å². The summed E-state index contributed by atoms with van der Waals surface area (Å²) in [6, 6.07) is 13.0. The van der Waals surface area contributed by atoms with Crippen LogP contribution in [0.2, 0.25) is 10.0 Å². The highest BCUT2D eigenvalue weighted by atomic mass is 35.5. The highest BCUT2D eigenvalue weighted by molar-refractivity contribution is 6.31. The number of hydrogen-bond acceptors (Lipinski definition) is 2. The van der Waals surface area contributed by atoms with Crippen molar-refractivity contribution in [1.29, 1.82) is 0 Å². The monoisotopic (exact) mass is 495 g/mol. The van der Waals surface area contributed by atoms with Gasteiger partial charge in [0.2, 0.25) is 0 Å². The molecule has 0 aliphatic heterocycles. The molecule has 0 spiro atoms. The second-order valence-electron chi connectivity index (χ2n) is 7.32. The van der Waals surface area contributed by atoms with Gasteiger partial charge in [-0.25, -0.2) is 4.98 Å². The van der Waals surface area contributed by atoms with Crippen LogP contribution in [0.15, 0.2) is 72.8 Å². The predicted molar refractivity (Wildman–Crippen MR) is 146 cm³/mol. The number of halogens is 2. The van der Waals surface area contributed by atoms with Crippen LogP contribution in [0, 0.1) is 6.92 Å². The van der Waals surface area contributed by atoms with Crippen molar-refractivity contribution in [1.82, 2.24) is 14.9 Å². The van der Waals surface area contributed by atoms with E-state index in [1.54, 1.807) is 19.2 Å². The van der Waals surface area contributed by atoms with Crippen LogP contribution in [0.3, 0.4) is 0 Å². The zero-order valence-electron chi connectivity index (χ0n) is 20.5. The fraction of sp³-hybridized carbons (Fsp3) is 0.214. The number of carbonyl (C=O) groups excluding carboxylic acids is 1. The minimum Gasteiger partial charge on any atom is -0.354 e. The number of allylic oxidation sites excluding steroid dienone is 5. The third-order valence-corrected chi connectivity index (χ3v) is 5.62. The number of benzene rings is 2. The van der Waals surface area contributed by atoms with Gasteiger partial charge in [0.15, 0.2) is 5.69 Å². The van der Waals surface area contributed by atoms with Gasteiger partial charge < -0.3 is 5.32 Å². The molecular formula is C28H31Cl2N3O. The van der Waals surface area contributed by atoms with Gasteiger partial charge in [0, 0.05) is 28.2 Å². The molecule has 4 nitrogen and oxygen atoms in total. The first-order chi connectivity index (χ1) is 16.3. The Morgan fingerprint density at radius 1 is 1.12 bits per heavy atom. The Labute approximate surface area is 212 Å². The van der Waals surface area contributed by atoms with Gasteiger partial charge in [0.1, 0.15) is 5.82 Å². The molecule has 1 heterocycles. The number of aryl methyl sites for hydroxylation is 1. The maximum absolute atomic E-state index is 12.9. The van der Waals surface area contributed by atoms with Gasteiger partial charge in [-0.2, -0.15) is 0 Å². The summed E-state index contributed by atoms with van der Waals surface area (Å²) in [7, 11) is 1.58. The summed E-state index contributed by atoms with van der Waals surface area (Å²) in [5.74, 6) is 0.283. The quantitative estimate of drug-likeness (QED) is 0.351. The minimum absolute atomic E-state index is 0.287. The van der Waals surface area contributed by atoms with E-state index in [-0.39, 0.29) is 11.6 Å². The lowest BCUT2D eigenvalue weighted by Crippen LogP contribution is -2.19. The van der Waals surface area contributed by atoms with E-state index in [0.29, 0.717) is 21.6 Å². The molecule has 0 unspecified atom stereocenters. The molecule has 1 N–H and O–H groups in total. The molecule has 178 valence electrons. The van der Waals surface area contributed by atoms with E-state index in [9.17, 15) is 4.79 Å². The standard InChI is InChI=1S/C26H25Cl2N3O.C2H6/c1-6-16(3)13-18(7-2)25-30-23(26(32)29-5)24(19-9-8-10-20(27)14-19)31(25)22-15-21(28)12-11-17(22)4;1-2/h6-15H,2H2,1,3-5H3,(H,29,32);1-2H3/b16-6-,18-13+;. The number of aromatic nitrogens is 2. The smallest absolute Gasteiger partial charge is 0.271 e. The second-order valence-corrected chi connectivity index (χ2v) is 8.20. The Hall–Kier alpha value is -3.08. The summed E-state index contributed by atoms with van der Waals surface area (Å²) in [6.07, 6.45) is 5.72. The number of imidazole rings is 1. The Morgan fingerprint density at radius 2 is 1.79 bits per heavy atom. The third-order valence-electron chi connectivity index (χ3n) is 5.15. The maximum Gasteiger partial charge on any atom is 0.271 e. The second kappa shape index (κ2) is 12.4. The number of nitrogens with one attached hydrogen (secondary N) is 1. The molecule has 3 rings (SSSR count). The molecule has 1 amide bonds. The van der Waals surface area contributed by atoms with Gasteiger partial charge in [-0.05, 0) is 56.7 Å². The number of nitrogens with zero attached hydrogens (tertiary/aromatic N) is 2. The summed E-state index contributed by atoms with van der Waals surface area (Å²) in [5.41, 5.74) is 5.29. The first-order valence-electron chi connectivity index (χ1n) is 11.1. The van der Waals surface area contributed by atoms with Crippen molar-refractivity contribution in [2.45, 2.75) is 34.6 Å². The molecule has 3 aromatic rings. The van der Waals surface area contributed by atoms with Gasteiger partial charge in [0.25, 0.3) is 5.91 Å². The largest absolute Gasteiger partial charge is 0.354 e. The van der Waals surface area contributed by atoms with Gasteiger partial charge in [0.05, 0.1) is 11.4 Å². The van der Waals surface area contributed by atoms with Gasteiger partial charge in [-0.3, -0.25) is 9.36 Å². The van der Waals surface area contributed by atoms with Crippen LogP contribution in [-0.4, -0.2) is 22.5 Å². The van der Waals surface area contributed by atoms with Crippen LogP contribution < -0.4 is 5.32 Å². The number of hydrogen-bond donors (Lipinski definition) is 1. The Balaban J connectivity index is 0.00000199. The van der Waals surface area contributed by atoms with Crippen molar-refractivity contribution in [3.63, 3.8) is 0 Å². The first-order valence-corrected chi connectivity index (χ1v) is 11.9. The van der Waals surface area contributed by atoms with Crippen molar-refractivity contribution in [3.05, 3.63) is 100.0 Å². The molecular weight excluding hydrogens is 465 g/mol. The predicted octanol–water partition coefficient (Wildman–Crippen LogP) is 8.08. The van der Waals surface area contributed by atoms with Crippen molar-refractivity contribution in [2.24, 2.45) is 0 Å². The molecule has 0 radical (unpaired) electrons. The number of rotatable bonds is 6. The summed E-state index contributed by atoms with van der Waals surface area (Å²) in [6.45, 7) is 13.9. The van der Waals surface area contributed by atoms with E-state index >= 15 is 0 Å². The van der Waals surface area contributed by atoms with E-state index in [1.165, 1.54) is 0 Å². The highest BCUT2D eigenvalue weighted by Gasteiger charge is 2.26. The molecule has 6 heteroatoms. The number of carbonyl (C=O) groups is 1. The van der Waals surface area contributed by atoms with Crippen LogP contribution in [0.1, 0.15) is 49.6 Å². The SMILES string of the molecule is C=C/C(=C\C(C)=C/C)c1nc(C(=O)NC)c(-c2cccc(Cl)c2)n1-c1cc(Cl)ccc1C.CC. The average molecular weight is 496 g/mol. The maximum atomic E-state index is 12.9. The lowest BCUT2D eigenvalue weighted by Gasteiger charge is -2.16. The Morgan fingerprint density at radius 3 is 2.38 bits per heavy atom. The molecule has 0 aliphatic rings. The molecule has 1 aromatic heterocycles. The van der Waals surface area contributed by atoms with E-state index < -0.39 is 0 Å². The normalized spacial score (nSPS) is 11.5. The molecule has 2 aromatic carbocycles. The lowest BCUT2D eigenvalue weighted by atomic mass is 10.1. The lowest BCUT2D eigenvalue weighted by molar-refractivity contribution is 0.0959. The Bertz CT molecular complexity index is 1250. The molecule has 0 saturated heterocycles. The first kappa shape index (κ1) is 27.2. The summed E-state index contributed by atoms with van der Waals surface area (Å²) < 4.78 is 1.95. The number of amides is 1. The summed E-state index contributed by atoms with van der Waals surface area (Å²) >= 11 is 12.7. The van der Waals surface area contributed by atoms with Crippen molar-refractivity contribution >= 4 is 34.7 Å². The van der Waals surface area contributed by atoms with Gasteiger partial charge in [-0.1, -0.05) is 79.6 Å². The highest BCUT2D eigenvalue weighted by Crippen LogP contribution is 2.35. The molecule has 0 bridgehead atoms. The topological polar surface area (TPSA) is 46.9 Å². The van der Waals surface area contributed by atoms with Gasteiger partial charge in [-0.15, -0.1) is 0 Å². The molecule has 0 saturated carbocycles. The van der Waals surface area contributed by atoms with Crippen LogP contribution in [0.25, 0.3) is 22.5 Å². The van der Waals surface area contributed by atoms with E-state index in [4.69, 9.17) is 28.2 Å². The molecule has 0 aliphatic carbocycles. The third kappa shape index (κ3) is 5.88. The molecule has 34 heavy (non-hydrogen) atoms. The van der Waals surface area contributed by atoms with Crippen LogP contribution in [-0.2, 0) is 0 Å². The molecule has 0 atom stereocenters. The van der Waals surface area contributed by atoms with Crippen molar-refractivity contribution in [2.75, 3.05) is 7.05 Å². The van der Waals surface area contributed by atoms with Crippen molar-refractivity contribution < 1.29 is 4.79 Å². The fourth-order valence-corrected chi connectivity index (χ4v) is 3.75. The van der Waals surface area contributed by atoms with E-state index in [0.717, 1.165) is 28.0 Å². The average Bonchev–Trinajstić information content (AvgIpc) is 3.24. The van der Waals surface area contributed by atoms with Crippen LogP contribution in [0.5, 0.6) is 0 Å². The van der Waals surface area contributed by atoms with Crippen LogP contribution >= 0.6 is 23.2 Å². The van der Waals surface area contributed by atoms with Crippen molar-refractivity contribution in [3.8, 4) is 16.9 Å². The van der Waals surface area contributed by atoms with Crippen LogP contribution in [0.4, 0.5) is 0 Å². The minimum atomic E-state index is -0.300. The van der Waals surface area contributed by atoms with E-state index in [2.05, 4.69) is 11.9 Å². The van der Waals surface area contributed by atoms with E-state index in [1.807, 2.05) is 87.7 Å². The fourth-order valence-electron chi connectivity index (χ4n) is 3.39. The Kier molecular flexibility index (Phi) is 9.91. The zero-order valence-corrected chi connectivity index (χ0v) is 22.1. The zero-order chi connectivity index (χ0) is 25.4. The molecule has 0 fully saturated rings. The summed E-state index contributed by atoms with van der Waals surface area (Å²) in [4.78, 5) is 17.7.